The zero-order valence-electron chi connectivity index (χ0n) is 21.8. The number of ether oxygens (including phenoxy) is 2. The third-order valence-corrected chi connectivity index (χ3v) is 7.69. The second-order valence-corrected chi connectivity index (χ2v) is 11.5. The predicted molar refractivity (Wildman–Crippen MR) is 152 cm³/mol. The van der Waals surface area contributed by atoms with Gasteiger partial charge in [-0.05, 0) is 49.7 Å². The number of hydrogen-bond acceptors (Lipinski definition) is 6. The maximum atomic E-state index is 8.59. The molecule has 0 aromatic heterocycles. The first-order chi connectivity index (χ1) is 17.2. The number of hydrogen-bond donors (Lipinski definition) is 4. The lowest BCUT2D eigenvalue weighted by Crippen LogP contribution is -2.20. The number of halogens is 1. The van der Waals surface area contributed by atoms with Gasteiger partial charge in [0.05, 0.1) is 29.2 Å². The van der Waals surface area contributed by atoms with Gasteiger partial charge in [0.15, 0.2) is 5.75 Å². The highest BCUT2D eigenvalue weighted by Gasteiger charge is 2.35. The van der Waals surface area contributed by atoms with Gasteiger partial charge in [-0.2, -0.15) is 0 Å². The number of para-hydroxylation sites is 1. The molecule has 0 saturated carbocycles. The molecule has 0 aliphatic carbocycles. The summed E-state index contributed by atoms with van der Waals surface area (Å²) in [6, 6.07) is 7.61. The molecule has 36 heavy (non-hydrogen) atoms. The van der Waals surface area contributed by atoms with E-state index in [0.29, 0.717) is 63.3 Å². The van der Waals surface area contributed by atoms with E-state index in [2.05, 4.69) is 33.0 Å². The molecular formula is C28H39ClN4O2S. The van der Waals surface area contributed by atoms with Crippen molar-refractivity contribution in [2.24, 2.45) is 11.8 Å². The minimum Gasteiger partial charge on any atom is -0.492 e. The molecule has 0 radical (unpaired) electrons. The van der Waals surface area contributed by atoms with Crippen LogP contribution in [0.3, 0.4) is 0 Å². The molecule has 8 heteroatoms. The Bertz CT molecular complexity index is 1090. The Morgan fingerprint density at radius 3 is 1.94 bits per heavy atom. The fourth-order valence-corrected chi connectivity index (χ4v) is 5.42. The fourth-order valence-electron chi connectivity index (χ4n) is 4.09. The molecule has 0 atom stereocenters. The van der Waals surface area contributed by atoms with Crippen molar-refractivity contribution in [1.29, 1.82) is 10.8 Å². The summed E-state index contributed by atoms with van der Waals surface area (Å²) in [5, 5.41) is 20.3. The smallest absolute Gasteiger partial charge is 0.150 e. The van der Waals surface area contributed by atoms with Crippen molar-refractivity contribution in [3.8, 4) is 11.5 Å². The van der Waals surface area contributed by atoms with Crippen LogP contribution in [0.15, 0.2) is 34.1 Å². The number of amidine groups is 2. The monoisotopic (exact) mass is 530 g/mol. The Hall–Kier alpha value is -2.38. The van der Waals surface area contributed by atoms with E-state index in [0.717, 1.165) is 43.4 Å². The Labute approximate surface area is 224 Å². The van der Waals surface area contributed by atoms with Gasteiger partial charge in [-0.3, -0.25) is 10.8 Å². The number of anilines is 1. The van der Waals surface area contributed by atoms with E-state index in [9.17, 15) is 0 Å². The molecule has 0 amide bonds. The fraction of sp³-hybridized carbons (Fsp3) is 0.500. The molecule has 0 unspecified atom stereocenters. The van der Waals surface area contributed by atoms with Crippen LogP contribution in [0.1, 0.15) is 77.3 Å². The van der Waals surface area contributed by atoms with Crippen LogP contribution >= 0.6 is 23.4 Å². The molecule has 196 valence electrons. The normalized spacial score (nSPS) is 12.9. The van der Waals surface area contributed by atoms with Crippen molar-refractivity contribution < 1.29 is 9.47 Å². The number of nitrogen functional groups attached to an aromatic ring is 1. The van der Waals surface area contributed by atoms with Crippen molar-refractivity contribution >= 4 is 40.7 Å². The summed E-state index contributed by atoms with van der Waals surface area (Å²) < 4.78 is 12.5. The zero-order valence-corrected chi connectivity index (χ0v) is 23.4. The van der Waals surface area contributed by atoms with Crippen LogP contribution in [0, 0.1) is 22.7 Å². The quantitative estimate of drug-likeness (QED) is 0.148. The van der Waals surface area contributed by atoms with Gasteiger partial charge in [0.25, 0.3) is 0 Å². The molecule has 3 rings (SSSR count). The first-order valence-electron chi connectivity index (χ1n) is 12.8. The SMILES string of the molecule is CC(C)CCCCOc1c(Cl)c(Sc2ccccc2N)c(OCCCCC(C)C)c2c1C(=N)NC2=N. The molecule has 2 aromatic carbocycles. The minimum absolute atomic E-state index is 0.106. The van der Waals surface area contributed by atoms with E-state index in [4.69, 9.17) is 37.6 Å². The molecule has 1 aliphatic rings. The second kappa shape index (κ2) is 13.2. The number of rotatable bonds is 14. The van der Waals surface area contributed by atoms with Crippen LogP contribution in [-0.4, -0.2) is 24.9 Å². The highest BCUT2D eigenvalue weighted by Crippen LogP contribution is 2.51. The molecule has 1 aliphatic heterocycles. The summed E-state index contributed by atoms with van der Waals surface area (Å²) in [6.45, 7) is 9.85. The topological polar surface area (TPSA) is 104 Å². The van der Waals surface area contributed by atoms with E-state index >= 15 is 0 Å². The van der Waals surface area contributed by atoms with Gasteiger partial charge in [0.1, 0.15) is 22.4 Å². The molecule has 0 spiro atoms. The molecule has 6 nitrogen and oxygen atoms in total. The molecular weight excluding hydrogens is 492 g/mol. The highest BCUT2D eigenvalue weighted by molar-refractivity contribution is 7.99. The first-order valence-corrected chi connectivity index (χ1v) is 14.0. The Balaban J connectivity index is 1.98. The van der Waals surface area contributed by atoms with Crippen molar-refractivity contribution in [1.82, 2.24) is 5.32 Å². The minimum atomic E-state index is 0.106. The van der Waals surface area contributed by atoms with E-state index < -0.39 is 0 Å². The number of fused-ring (bicyclic) bond motifs is 1. The van der Waals surface area contributed by atoms with Gasteiger partial charge >= 0.3 is 0 Å². The lowest BCUT2D eigenvalue weighted by atomic mass is 10.1. The van der Waals surface area contributed by atoms with Gasteiger partial charge in [-0.15, -0.1) is 0 Å². The van der Waals surface area contributed by atoms with Gasteiger partial charge < -0.3 is 20.5 Å². The van der Waals surface area contributed by atoms with Gasteiger partial charge in [-0.25, -0.2) is 0 Å². The number of nitrogens with two attached hydrogens (primary N) is 1. The molecule has 0 saturated heterocycles. The molecule has 1 heterocycles. The maximum Gasteiger partial charge on any atom is 0.150 e. The molecule has 2 aromatic rings. The van der Waals surface area contributed by atoms with Gasteiger partial charge in [0, 0.05) is 10.6 Å². The molecule has 0 bridgehead atoms. The van der Waals surface area contributed by atoms with Crippen molar-refractivity contribution in [2.45, 2.75) is 76.0 Å². The number of benzene rings is 2. The number of nitrogens with one attached hydrogen (secondary N) is 3. The first kappa shape index (κ1) is 28.2. The lowest BCUT2D eigenvalue weighted by Gasteiger charge is -2.21. The molecule has 0 fully saturated rings. The van der Waals surface area contributed by atoms with Crippen LogP contribution in [0.25, 0.3) is 0 Å². The van der Waals surface area contributed by atoms with Crippen LogP contribution in [0.4, 0.5) is 5.69 Å². The van der Waals surface area contributed by atoms with Crippen molar-refractivity contribution in [3.63, 3.8) is 0 Å². The van der Waals surface area contributed by atoms with Crippen molar-refractivity contribution in [3.05, 3.63) is 40.4 Å². The van der Waals surface area contributed by atoms with Crippen LogP contribution < -0.4 is 20.5 Å². The summed E-state index contributed by atoms with van der Waals surface area (Å²) >= 11 is 8.41. The Kier molecular flexibility index (Phi) is 10.4. The van der Waals surface area contributed by atoms with Gasteiger partial charge in [-0.1, -0.05) is 76.0 Å². The average molecular weight is 531 g/mol. The highest BCUT2D eigenvalue weighted by atomic mass is 35.5. The lowest BCUT2D eigenvalue weighted by molar-refractivity contribution is 0.287. The average Bonchev–Trinajstić information content (AvgIpc) is 3.11. The summed E-state index contributed by atoms with van der Waals surface area (Å²) in [4.78, 5) is 1.51. The summed E-state index contributed by atoms with van der Waals surface area (Å²) in [6.07, 6.45) is 6.18. The summed E-state index contributed by atoms with van der Waals surface area (Å²) in [5.74, 6) is 2.46. The zero-order chi connectivity index (χ0) is 26.2. The van der Waals surface area contributed by atoms with E-state index in [1.165, 1.54) is 11.8 Å². The second-order valence-electron chi connectivity index (χ2n) is 10.0. The Morgan fingerprint density at radius 1 is 0.861 bits per heavy atom. The van der Waals surface area contributed by atoms with Crippen LogP contribution in [0.5, 0.6) is 11.5 Å². The summed E-state index contributed by atoms with van der Waals surface area (Å²) in [7, 11) is 0. The van der Waals surface area contributed by atoms with Crippen LogP contribution in [-0.2, 0) is 0 Å². The van der Waals surface area contributed by atoms with Crippen molar-refractivity contribution in [2.75, 3.05) is 18.9 Å². The van der Waals surface area contributed by atoms with Crippen LogP contribution in [0.2, 0.25) is 5.02 Å². The van der Waals surface area contributed by atoms with Gasteiger partial charge in [0.2, 0.25) is 0 Å². The third kappa shape index (κ3) is 7.10. The standard InChI is InChI=1S/C28H39ClN4O2S/c1-17(2)11-7-9-15-34-24-21-22(28(32)33-27(21)31)25(35-16-10-8-12-18(3)4)26(23(24)29)36-20-14-6-5-13-19(20)30/h5-6,13-14,17-18H,7-12,15-16,30H2,1-4H3,(H3,31,32,33). The van der Waals surface area contributed by atoms with E-state index in [1.54, 1.807) is 0 Å². The van der Waals surface area contributed by atoms with E-state index in [-0.39, 0.29) is 11.7 Å². The molecule has 5 N–H and O–H groups in total. The Morgan fingerprint density at radius 2 is 1.39 bits per heavy atom. The summed E-state index contributed by atoms with van der Waals surface area (Å²) in [5.41, 5.74) is 7.91. The third-order valence-electron chi connectivity index (χ3n) is 6.03. The van der Waals surface area contributed by atoms with E-state index in [1.807, 2.05) is 24.3 Å². The maximum absolute atomic E-state index is 8.59. The predicted octanol–water partition coefficient (Wildman–Crippen LogP) is 7.74. The largest absolute Gasteiger partial charge is 0.492 e. The number of unbranched alkanes of at least 4 members (excludes halogenated alkanes) is 2.